The number of hydrogen-bond acceptors (Lipinski definition) is 3. The molecule has 1 aromatic carbocycles. The van der Waals surface area contributed by atoms with Crippen LogP contribution < -0.4 is 0 Å². The van der Waals surface area contributed by atoms with Crippen molar-refractivity contribution in [1.29, 1.82) is 0 Å². The molecule has 3 nitrogen and oxygen atoms in total. The van der Waals surface area contributed by atoms with Crippen LogP contribution >= 0.6 is 11.8 Å². The summed E-state index contributed by atoms with van der Waals surface area (Å²) in [4.78, 5) is 12.1. The molecule has 0 saturated carbocycles. The van der Waals surface area contributed by atoms with E-state index in [1.54, 1.807) is 11.8 Å². The normalized spacial score (nSPS) is 12.8. The number of rotatable bonds is 7. The third-order valence-electron chi connectivity index (χ3n) is 3.50. The number of fused-ring (bicyclic) bond motifs is 1. The lowest BCUT2D eigenvalue weighted by atomic mass is 10.1. The van der Waals surface area contributed by atoms with Crippen LogP contribution in [0.15, 0.2) is 24.3 Å². The second-order valence-electron chi connectivity index (χ2n) is 5.02. The van der Waals surface area contributed by atoms with Crippen LogP contribution in [-0.2, 0) is 17.8 Å². The molecule has 1 aromatic heterocycles. The van der Waals surface area contributed by atoms with E-state index in [4.69, 9.17) is 0 Å². The van der Waals surface area contributed by atoms with Gasteiger partial charge in [-0.25, -0.2) is 0 Å². The highest BCUT2D eigenvalue weighted by molar-refractivity contribution is 8.00. The third kappa shape index (κ3) is 3.42. The molecule has 2 rings (SSSR count). The summed E-state index contributed by atoms with van der Waals surface area (Å²) in [5.41, 5.74) is 2.03. The van der Waals surface area contributed by atoms with Crippen molar-refractivity contribution in [1.82, 2.24) is 9.78 Å². The van der Waals surface area contributed by atoms with Gasteiger partial charge in [0.25, 0.3) is 0 Å². The van der Waals surface area contributed by atoms with Crippen molar-refractivity contribution in [2.45, 2.75) is 45.4 Å². The Labute approximate surface area is 124 Å². The number of benzene rings is 1. The Morgan fingerprint density at radius 1 is 1.35 bits per heavy atom. The van der Waals surface area contributed by atoms with E-state index in [1.165, 1.54) is 0 Å². The van der Waals surface area contributed by atoms with Crippen LogP contribution in [0.5, 0.6) is 0 Å². The Morgan fingerprint density at radius 2 is 2.10 bits per heavy atom. The number of para-hydroxylation sites is 1. The van der Waals surface area contributed by atoms with E-state index in [0.29, 0.717) is 17.4 Å². The molecule has 0 aliphatic heterocycles. The van der Waals surface area contributed by atoms with Gasteiger partial charge in [0.05, 0.1) is 23.4 Å². The van der Waals surface area contributed by atoms with Crippen molar-refractivity contribution >= 4 is 28.4 Å². The van der Waals surface area contributed by atoms with Gasteiger partial charge in [0, 0.05) is 17.2 Å². The molecule has 0 N–H and O–H groups in total. The summed E-state index contributed by atoms with van der Waals surface area (Å²) in [6, 6.07) is 8.14. The first kappa shape index (κ1) is 15.1. The highest BCUT2D eigenvalue weighted by atomic mass is 32.2. The zero-order valence-electron chi connectivity index (χ0n) is 12.4. The summed E-state index contributed by atoms with van der Waals surface area (Å²) < 4.78 is 1.97. The lowest BCUT2D eigenvalue weighted by Crippen LogP contribution is -2.09. The van der Waals surface area contributed by atoms with Gasteiger partial charge in [-0.05, 0) is 19.4 Å². The largest absolute Gasteiger partial charge is 0.298 e. The molecule has 0 radical (unpaired) electrons. The van der Waals surface area contributed by atoms with E-state index < -0.39 is 0 Å². The molecule has 0 bridgehead atoms. The molecular formula is C16H22N2OS. The number of thioether (sulfide) groups is 1. The van der Waals surface area contributed by atoms with Gasteiger partial charge < -0.3 is 0 Å². The number of Topliss-reactive ketones (excluding diaryl/α,β-unsaturated/α-hetero) is 1. The average Bonchev–Trinajstić information content (AvgIpc) is 2.83. The number of aryl methyl sites for hydroxylation is 1. The van der Waals surface area contributed by atoms with E-state index in [9.17, 15) is 4.79 Å². The minimum atomic E-state index is 0.266. The Kier molecular flexibility index (Phi) is 5.24. The van der Waals surface area contributed by atoms with Gasteiger partial charge in [0.1, 0.15) is 5.78 Å². The van der Waals surface area contributed by atoms with Gasteiger partial charge in [-0.1, -0.05) is 32.0 Å². The standard InChI is InChI=1S/C16H22N2OS/c1-4-12(3)20-11-13(19)10-15-14-8-6-7-9-16(14)18(5-2)17-15/h6-9,12H,4-5,10-11H2,1-3H3. The van der Waals surface area contributed by atoms with Crippen molar-refractivity contribution in [2.75, 3.05) is 5.75 Å². The number of nitrogens with zero attached hydrogens (tertiary/aromatic N) is 2. The van der Waals surface area contributed by atoms with Crippen LogP contribution in [0.4, 0.5) is 0 Å². The van der Waals surface area contributed by atoms with E-state index >= 15 is 0 Å². The van der Waals surface area contributed by atoms with Crippen LogP contribution in [0.3, 0.4) is 0 Å². The summed E-state index contributed by atoms with van der Waals surface area (Å²) in [7, 11) is 0. The van der Waals surface area contributed by atoms with Gasteiger partial charge in [-0.2, -0.15) is 16.9 Å². The maximum Gasteiger partial charge on any atom is 0.148 e. The third-order valence-corrected chi connectivity index (χ3v) is 4.89. The van der Waals surface area contributed by atoms with Crippen molar-refractivity contribution in [2.24, 2.45) is 0 Å². The van der Waals surface area contributed by atoms with Crippen LogP contribution in [0.25, 0.3) is 10.9 Å². The molecule has 4 heteroatoms. The van der Waals surface area contributed by atoms with Gasteiger partial charge in [-0.15, -0.1) is 0 Å². The highest BCUT2D eigenvalue weighted by Gasteiger charge is 2.13. The molecular weight excluding hydrogens is 268 g/mol. The van der Waals surface area contributed by atoms with Gasteiger partial charge >= 0.3 is 0 Å². The van der Waals surface area contributed by atoms with Gasteiger partial charge in [0.2, 0.25) is 0 Å². The average molecular weight is 290 g/mol. The van der Waals surface area contributed by atoms with Gasteiger partial charge in [-0.3, -0.25) is 9.48 Å². The second kappa shape index (κ2) is 6.93. The van der Waals surface area contributed by atoms with Crippen LogP contribution in [0.1, 0.15) is 32.9 Å². The fraction of sp³-hybridized carbons (Fsp3) is 0.500. The quantitative estimate of drug-likeness (QED) is 0.780. The first-order valence-electron chi connectivity index (χ1n) is 7.23. The lowest BCUT2D eigenvalue weighted by Gasteiger charge is -2.06. The summed E-state index contributed by atoms with van der Waals surface area (Å²) in [5, 5.41) is 6.23. The molecule has 1 unspecified atom stereocenters. The highest BCUT2D eigenvalue weighted by Crippen LogP contribution is 2.20. The number of carbonyl (C=O) groups excluding carboxylic acids is 1. The first-order chi connectivity index (χ1) is 9.65. The van der Waals surface area contributed by atoms with Crippen molar-refractivity contribution in [3.8, 4) is 0 Å². The van der Waals surface area contributed by atoms with E-state index in [0.717, 1.165) is 29.6 Å². The topological polar surface area (TPSA) is 34.9 Å². The maximum absolute atomic E-state index is 12.1. The SMILES string of the molecule is CCC(C)SCC(=O)Cc1nn(CC)c2ccccc12. The molecule has 20 heavy (non-hydrogen) atoms. The van der Waals surface area contributed by atoms with E-state index in [1.807, 2.05) is 16.8 Å². The van der Waals surface area contributed by atoms with Crippen molar-refractivity contribution < 1.29 is 4.79 Å². The molecule has 2 aromatic rings. The number of carbonyl (C=O) groups is 1. The van der Waals surface area contributed by atoms with Crippen LogP contribution in [-0.4, -0.2) is 26.6 Å². The molecule has 0 aliphatic carbocycles. The Hall–Kier alpha value is -1.29. The number of ketones is 1. The lowest BCUT2D eigenvalue weighted by molar-refractivity contribution is -0.116. The predicted molar refractivity (Wildman–Crippen MR) is 86.3 cm³/mol. The molecule has 1 atom stereocenters. The zero-order valence-corrected chi connectivity index (χ0v) is 13.2. The second-order valence-corrected chi connectivity index (χ2v) is 6.45. The van der Waals surface area contributed by atoms with Crippen molar-refractivity contribution in [3.05, 3.63) is 30.0 Å². The minimum Gasteiger partial charge on any atom is -0.298 e. The maximum atomic E-state index is 12.1. The molecule has 0 aliphatic rings. The Bertz CT molecular complexity index is 591. The zero-order chi connectivity index (χ0) is 14.5. The monoisotopic (exact) mass is 290 g/mol. The molecule has 108 valence electrons. The summed E-state index contributed by atoms with van der Waals surface area (Å²) in [5.74, 6) is 0.851. The number of aromatic nitrogens is 2. The molecule has 1 heterocycles. The Balaban J connectivity index is 2.11. The Morgan fingerprint density at radius 3 is 2.80 bits per heavy atom. The molecule has 0 amide bonds. The summed E-state index contributed by atoms with van der Waals surface area (Å²) in [6.07, 6.45) is 1.54. The fourth-order valence-corrected chi connectivity index (χ4v) is 2.97. The fourth-order valence-electron chi connectivity index (χ4n) is 2.16. The van der Waals surface area contributed by atoms with Gasteiger partial charge in [0.15, 0.2) is 0 Å². The minimum absolute atomic E-state index is 0.266. The summed E-state index contributed by atoms with van der Waals surface area (Å²) >= 11 is 1.74. The molecule has 0 spiro atoms. The molecule has 0 fully saturated rings. The molecule has 0 saturated heterocycles. The van der Waals surface area contributed by atoms with E-state index in [2.05, 4.69) is 38.0 Å². The predicted octanol–water partition coefficient (Wildman–Crippen LogP) is 3.70. The smallest absolute Gasteiger partial charge is 0.148 e. The first-order valence-corrected chi connectivity index (χ1v) is 8.28. The van der Waals surface area contributed by atoms with Crippen LogP contribution in [0, 0.1) is 0 Å². The number of hydrogen-bond donors (Lipinski definition) is 0. The van der Waals surface area contributed by atoms with Crippen molar-refractivity contribution in [3.63, 3.8) is 0 Å². The summed E-state index contributed by atoms with van der Waals surface area (Å²) in [6.45, 7) is 7.22. The van der Waals surface area contributed by atoms with Crippen LogP contribution in [0.2, 0.25) is 0 Å². The van der Waals surface area contributed by atoms with E-state index in [-0.39, 0.29) is 5.78 Å².